The molecule has 0 heterocycles. The van der Waals surface area contributed by atoms with Gasteiger partial charge >= 0.3 is 0 Å². The molecule has 0 saturated carbocycles. The fourth-order valence-electron chi connectivity index (χ4n) is 1.91. The van der Waals surface area contributed by atoms with Crippen LogP contribution in [0.15, 0.2) is 29.2 Å². The van der Waals surface area contributed by atoms with E-state index in [1.807, 2.05) is 13.8 Å². The van der Waals surface area contributed by atoms with Crippen molar-refractivity contribution in [3.8, 4) is 0 Å². The third kappa shape index (κ3) is 4.47. The average molecular weight is 300 g/mol. The van der Waals surface area contributed by atoms with E-state index in [2.05, 4.69) is 10.0 Å². The quantitative estimate of drug-likeness (QED) is 0.685. The van der Waals surface area contributed by atoms with Gasteiger partial charge in [-0.2, -0.15) is 0 Å². The van der Waals surface area contributed by atoms with Gasteiger partial charge in [-0.15, -0.1) is 0 Å². The Hall–Kier alpha value is -1.11. The van der Waals surface area contributed by atoms with Gasteiger partial charge in [0, 0.05) is 24.4 Å². The lowest BCUT2D eigenvalue weighted by molar-refractivity contribution is 0.252. The predicted molar refractivity (Wildman–Crippen MR) is 81.3 cm³/mol. The van der Waals surface area contributed by atoms with Gasteiger partial charge in [0.05, 0.1) is 4.90 Å². The molecule has 114 valence electrons. The second-order valence-corrected chi connectivity index (χ2v) is 6.81. The van der Waals surface area contributed by atoms with Gasteiger partial charge in [-0.3, -0.25) is 0 Å². The predicted octanol–water partition coefficient (Wildman–Crippen LogP) is 1.95. The van der Waals surface area contributed by atoms with E-state index in [9.17, 15) is 8.42 Å². The Bertz CT molecular complexity index is 514. The van der Waals surface area contributed by atoms with Crippen LogP contribution in [-0.2, 0) is 10.0 Å². The van der Waals surface area contributed by atoms with Crippen molar-refractivity contribution in [2.75, 3.05) is 18.5 Å². The maximum Gasteiger partial charge on any atom is 0.240 e. The maximum absolute atomic E-state index is 11.8. The largest absolute Gasteiger partial charge is 0.396 e. The third-order valence-electron chi connectivity index (χ3n) is 3.39. The number of anilines is 1. The molecule has 1 unspecified atom stereocenters. The summed E-state index contributed by atoms with van der Waals surface area (Å²) in [7, 11) is -3.40. The molecule has 0 aromatic heterocycles. The highest BCUT2D eigenvalue weighted by atomic mass is 32.2. The van der Waals surface area contributed by atoms with Gasteiger partial charge in [0.1, 0.15) is 0 Å². The Labute approximate surface area is 121 Å². The first-order valence-electron chi connectivity index (χ1n) is 6.85. The van der Waals surface area contributed by atoms with E-state index in [1.54, 1.807) is 31.2 Å². The summed E-state index contributed by atoms with van der Waals surface area (Å²) in [6.45, 7) is 6.31. The molecular weight excluding hydrogens is 276 g/mol. The molecule has 6 heteroatoms. The van der Waals surface area contributed by atoms with Crippen molar-refractivity contribution in [2.45, 2.75) is 44.0 Å². The zero-order valence-corrected chi connectivity index (χ0v) is 13.1. The van der Waals surface area contributed by atoms with Crippen molar-refractivity contribution in [1.29, 1.82) is 0 Å². The van der Waals surface area contributed by atoms with Gasteiger partial charge < -0.3 is 10.4 Å². The Kier molecular flexibility index (Phi) is 5.98. The second-order valence-electron chi connectivity index (χ2n) is 5.04. The first-order chi connectivity index (χ1) is 9.37. The number of aliphatic hydroxyl groups is 1. The average Bonchev–Trinajstić information content (AvgIpc) is 2.39. The van der Waals surface area contributed by atoms with Crippen LogP contribution in [0.2, 0.25) is 0 Å². The van der Waals surface area contributed by atoms with Crippen molar-refractivity contribution >= 4 is 15.7 Å². The summed E-state index contributed by atoms with van der Waals surface area (Å²) < 4.78 is 26.1. The molecular formula is C14H24N2O3S. The molecule has 0 aliphatic carbocycles. The van der Waals surface area contributed by atoms with Crippen molar-refractivity contribution in [3.05, 3.63) is 24.3 Å². The van der Waals surface area contributed by atoms with Crippen LogP contribution in [0.25, 0.3) is 0 Å². The summed E-state index contributed by atoms with van der Waals surface area (Å²) in [5, 5.41) is 12.4. The Morgan fingerprint density at radius 2 is 1.80 bits per heavy atom. The van der Waals surface area contributed by atoms with E-state index in [-0.39, 0.29) is 17.0 Å². The summed E-state index contributed by atoms with van der Waals surface area (Å²) in [5.41, 5.74) is 0.648. The molecule has 0 saturated heterocycles. The molecule has 0 aliphatic rings. The fraction of sp³-hybridized carbons (Fsp3) is 0.571. The minimum absolute atomic E-state index is 0.115. The van der Waals surface area contributed by atoms with Crippen LogP contribution in [0, 0.1) is 0 Å². The molecule has 3 N–H and O–H groups in total. The van der Waals surface area contributed by atoms with Gasteiger partial charge in [-0.1, -0.05) is 13.8 Å². The highest BCUT2D eigenvalue weighted by Gasteiger charge is 2.21. The molecule has 5 nitrogen and oxygen atoms in total. The molecule has 0 spiro atoms. The Morgan fingerprint density at radius 3 is 2.25 bits per heavy atom. The summed E-state index contributed by atoms with van der Waals surface area (Å²) in [6, 6.07) is 6.65. The Balaban J connectivity index is 2.87. The molecule has 20 heavy (non-hydrogen) atoms. The first-order valence-corrected chi connectivity index (χ1v) is 8.34. The van der Waals surface area contributed by atoms with Crippen molar-refractivity contribution < 1.29 is 13.5 Å². The number of hydrogen-bond acceptors (Lipinski definition) is 4. The molecule has 0 radical (unpaired) electrons. The van der Waals surface area contributed by atoms with Crippen molar-refractivity contribution in [2.24, 2.45) is 0 Å². The zero-order chi connectivity index (χ0) is 15.2. The minimum Gasteiger partial charge on any atom is -0.396 e. The van der Waals surface area contributed by atoms with E-state index in [0.717, 1.165) is 12.1 Å². The molecule has 1 rings (SSSR count). The summed E-state index contributed by atoms with van der Waals surface area (Å²) in [6.07, 6.45) is 1.51. The summed E-state index contributed by atoms with van der Waals surface area (Å²) in [4.78, 5) is 0.255. The standard InChI is InChI=1S/C14H24N2O3S/c1-4-14(3,10-11-17)16-12-6-8-13(9-7-12)20(18,19)15-5-2/h6-9,15-17H,4-5,10-11H2,1-3H3. The third-order valence-corrected chi connectivity index (χ3v) is 4.95. The fourth-order valence-corrected chi connectivity index (χ4v) is 2.95. The topological polar surface area (TPSA) is 78.4 Å². The number of aliphatic hydroxyl groups excluding tert-OH is 1. The molecule has 1 aromatic carbocycles. The molecule has 0 aliphatic heterocycles. The molecule has 0 fully saturated rings. The van der Waals surface area contributed by atoms with Crippen LogP contribution in [-0.4, -0.2) is 32.2 Å². The van der Waals surface area contributed by atoms with Crippen LogP contribution >= 0.6 is 0 Å². The first kappa shape index (κ1) is 16.9. The number of benzene rings is 1. The lowest BCUT2D eigenvalue weighted by Crippen LogP contribution is -2.35. The molecule has 1 aromatic rings. The highest BCUT2D eigenvalue weighted by molar-refractivity contribution is 7.89. The lowest BCUT2D eigenvalue weighted by Gasteiger charge is -2.30. The van der Waals surface area contributed by atoms with E-state index in [4.69, 9.17) is 5.11 Å². The SMILES string of the molecule is CCNS(=O)(=O)c1ccc(NC(C)(CC)CCO)cc1. The number of rotatable bonds is 8. The smallest absolute Gasteiger partial charge is 0.240 e. The van der Waals surface area contributed by atoms with Crippen molar-refractivity contribution in [1.82, 2.24) is 4.72 Å². The minimum atomic E-state index is -3.40. The van der Waals surface area contributed by atoms with Gasteiger partial charge in [0.15, 0.2) is 0 Å². The summed E-state index contributed by atoms with van der Waals surface area (Å²) in [5.74, 6) is 0. The molecule has 0 bridgehead atoms. The highest BCUT2D eigenvalue weighted by Crippen LogP contribution is 2.22. The van der Waals surface area contributed by atoms with Gasteiger partial charge in [0.2, 0.25) is 10.0 Å². The van der Waals surface area contributed by atoms with Crippen LogP contribution in [0.4, 0.5) is 5.69 Å². The zero-order valence-electron chi connectivity index (χ0n) is 12.3. The number of nitrogens with one attached hydrogen (secondary N) is 2. The van der Waals surface area contributed by atoms with Gasteiger partial charge in [0.25, 0.3) is 0 Å². The molecule has 1 atom stereocenters. The van der Waals surface area contributed by atoms with E-state index in [0.29, 0.717) is 13.0 Å². The molecule has 0 amide bonds. The van der Waals surface area contributed by atoms with Gasteiger partial charge in [-0.25, -0.2) is 13.1 Å². The van der Waals surface area contributed by atoms with Gasteiger partial charge in [-0.05, 0) is 44.0 Å². The van der Waals surface area contributed by atoms with E-state index in [1.165, 1.54) is 0 Å². The number of sulfonamides is 1. The summed E-state index contributed by atoms with van der Waals surface area (Å²) >= 11 is 0. The second kappa shape index (κ2) is 7.06. The van der Waals surface area contributed by atoms with E-state index < -0.39 is 10.0 Å². The van der Waals surface area contributed by atoms with Crippen LogP contribution in [0.1, 0.15) is 33.6 Å². The maximum atomic E-state index is 11.8. The normalized spacial score (nSPS) is 14.8. The van der Waals surface area contributed by atoms with Crippen LogP contribution in [0.3, 0.4) is 0 Å². The number of hydrogen-bond donors (Lipinski definition) is 3. The van der Waals surface area contributed by atoms with Crippen LogP contribution < -0.4 is 10.0 Å². The monoisotopic (exact) mass is 300 g/mol. The van der Waals surface area contributed by atoms with Crippen LogP contribution in [0.5, 0.6) is 0 Å². The van der Waals surface area contributed by atoms with E-state index >= 15 is 0 Å². The lowest BCUT2D eigenvalue weighted by atomic mass is 9.94. The van der Waals surface area contributed by atoms with Crippen molar-refractivity contribution in [3.63, 3.8) is 0 Å². The Morgan fingerprint density at radius 1 is 1.20 bits per heavy atom.